The summed E-state index contributed by atoms with van der Waals surface area (Å²) in [6.07, 6.45) is 2.14. The van der Waals surface area contributed by atoms with Gasteiger partial charge in [-0.3, -0.25) is 4.79 Å². The summed E-state index contributed by atoms with van der Waals surface area (Å²) >= 11 is 3.36. The fourth-order valence-electron chi connectivity index (χ4n) is 1.58. The van der Waals surface area contributed by atoms with Gasteiger partial charge < -0.3 is 5.32 Å². The van der Waals surface area contributed by atoms with Crippen molar-refractivity contribution in [2.75, 3.05) is 5.33 Å². The number of rotatable bonds is 6. The molecule has 1 aromatic carbocycles. The molecule has 0 fully saturated rings. The number of alkyl halides is 1. The molecule has 2 nitrogen and oxygen atoms in total. The number of carbonyl (C=O) groups is 1. The quantitative estimate of drug-likeness (QED) is 0.804. The molecule has 1 unspecified atom stereocenters. The molecule has 1 aromatic rings. The molecule has 1 N–H and O–H groups in total. The van der Waals surface area contributed by atoms with Crippen LogP contribution in [0.25, 0.3) is 0 Å². The van der Waals surface area contributed by atoms with Crippen molar-refractivity contribution in [2.45, 2.75) is 32.2 Å². The van der Waals surface area contributed by atoms with E-state index in [9.17, 15) is 9.18 Å². The van der Waals surface area contributed by atoms with Gasteiger partial charge in [0.2, 0.25) is 5.91 Å². The first-order valence-corrected chi connectivity index (χ1v) is 6.87. The first kappa shape index (κ1) is 14.2. The summed E-state index contributed by atoms with van der Waals surface area (Å²) < 4.78 is 12.7. The van der Waals surface area contributed by atoms with Crippen LogP contribution < -0.4 is 5.32 Å². The van der Waals surface area contributed by atoms with E-state index in [1.54, 1.807) is 12.1 Å². The molecule has 94 valence electrons. The number of benzene rings is 1. The van der Waals surface area contributed by atoms with Gasteiger partial charge >= 0.3 is 0 Å². The highest BCUT2D eigenvalue weighted by molar-refractivity contribution is 9.09. The van der Waals surface area contributed by atoms with Crippen LogP contribution in [-0.4, -0.2) is 17.3 Å². The first-order valence-electron chi connectivity index (χ1n) is 5.75. The molecule has 0 bridgehead atoms. The molecule has 1 rings (SSSR count). The van der Waals surface area contributed by atoms with Gasteiger partial charge in [-0.05, 0) is 30.5 Å². The van der Waals surface area contributed by atoms with Gasteiger partial charge in [-0.25, -0.2) is 4.39 Å². The number of hydrogen-bond donors (Lipinski definition) is 1. The minimum atomic E-state index is -0.278. The Kier molecular flexibility index (Phi) is 6.19. The molecule has 0 heterocycles. The third kappa shape index (κ3) is 5.31. The minimum Gasteiger partial charge on any atom is -0.353 e. The van der Waals surface area contributed by atoms with Crippen LogP contribution in [0.5, 0.6) is 0 Å². The maximum Gasteiger partial charge on any atom is 0.224 e. The molecule has 1 atom stereocenters. The van der Waals surface area contributed by atoms with Crippen molar-refractivity contribution in [3.63, 3.8) is 0 Å². The lowest BCUT2D eigenvalue weighted by atomic mass is 10.1. The van der Waals surface area contributed by atoms with E-state index < -0.39 is 0 Å². The van der Waals surface area contributed by atoms with Crippen molar-refractivity contribution in [1.82, 2.24) is 5.32 Å². The Morgan fingerprint density at radius 2 is 2.06 bits per heavy atom. The monoisotopic (exact) mass is 301 g/mol. The fraction of sp³-hybridized carbons (Fsp3) is 0.462. The molecule has 4 heteroatoms. The summed E-state index contributed by atoms with van der Waals surface area (Å²) in [5.74, 6) is -0.288. The summed E-state index contributed by atoms with van der Waals surface area (Å²) in [4.78, 5) is 11.7. The number of nitrogens with one attached hydrogen (secondary N) is 1. The van der Waals surface area contributed by atoms with Crippen LogP contribution in [0.3, 0.4) is 0 Å². The molecule has 0 aliphatic rings. The average molecular weight is 302 g/mol. The van der Waals surface area contributed by atoms with E-state index in [2.05, 4.69) is 21.2 Å². The largest absolute Gasteiger partial charge is 0.353 e. The molecule has 0 radical (unpaired) electrons. The van der Waals surface area contributed by atoms with E-state index in [1.165, 1.54) is 12.1 Å². The van der Waals surface area contributed by atoms with E-state index in [0.717, 1.165) is 23.7 Å². The molecule has 17 heavy (non-hydrogen) atoms. The average Bonchev–Trinajstić information content (AvgIpc) is 2.31. The molecule has 0 spiro atoms. The summed E-state index contributed by atoms with van der Waals surface area (Å²) in [5.41, 5.74) is 0.831. The van der Waals surface area contributed by atoms with Gasteiger partial charge in [0, 0.05) is 11.4 Å². The zero-order valence-electron chi connectivity index (χ0n) is 9.88. The van der Waals surface area contributed by atoms with Crippen molar-refractivity contribution < 1.29 is 9.18 Å². The Hall–Kier alpha value is -0.900. The van der Waals surface area contributed by atoms with Crippen LogP contribution in [0, 0.1) is 5.82 Å². The zero-order valence-corrected chi connectivity index (χ0v) is 11.5. The van der Waals surface area contributed by atoms with Gasteiger partial charge in [0.25, 0.3) is 0 Å². The molecular formula is C13H17BrFNO. The number of amides is 1. The molecular weight excluding hydrogens is 285 g/mol. The maximum atomic E-state index is 12.7. The highest BCUT2D eigenvalue weighted by atomic mass is 79.9. The van der Waals surface area contributed by atoms with E-state index in [1.807, 2.05) is 6.92 Å². The molecule has 1 amide bonds. The molecule has 0 aliphatic carbocycles. The van der Waals surface area contributed by atoms with E-state index >= 15 is 0 Å². The summed E-state index contributed by atoms with van der Waals surface area (Å²) in [6, 6.07) is 6.24. The third-order valence-corrected chi connectivity index (χ3v) is 3.05. The van der Waals surface area contributed by atoms with Crippen LogP contribution >= 0.6 is 15.9 Å². The lowest BCUT2D eigenvalue weighted by molar-refractivity contribution is -0.121. The molecule has 0 saturated heterocycles. The van der Waals surface area contributed by atoms with Gasteiger partial charge in [-0.2, -0.15) is 0 Å². The van der Waals surface area contributed by atoms with E-state index in [4.69, 9.17) is 0 Å². The normalized spacial score (nSPS) is 12.2. The maximum absolute atomic E-state index is 12.7. The lowest BCUT2D eigenvalue weighted by Crippen LogP contribution is -2.35. The minimum absolute atomic E-state index is 0.00981. The van der Waals surface area contributed by atoms with Crippen LogP contribution in [0.1, 0.15) is 25.3 Å². The number of hydrogen-bond acceptors (Lipinski definition) is 1. The van der Waals surface area contributed by atoms with Crippen molar-refractivity contribution in [2.24, 2.45) is 0 Å². The van der Waals surface area contributed by atoms with Gasteiger partial charge in [-0.1, -0.05) is 35.0 Å². The molecule has 0 saturated carbocycles. The van der Waals surface area contributed by atoms with Crippen molar-refractivity contribution in [1.29, 1.82) is 0 Å². The Bertz CT molecular complexity index is 353. The van der Waals surface area contributed by atoms with Crippen LogP contribution in [0.2, 0.25) is 0 Å². The number of halogens is 2. The lowest BCUT2D eigenvalue weighted by Gasteiger charge is -2.15. The molecule has 0 aromatic heterocycles. The second kappa shape index (κ2) is 7.43. The fourth-order valence-corrected chi connectivity index (χ4v) is 2.13. The summed E-state index contributed by atoms with van der Waals surface area (Å²) in [7, 11) is 0. The SMILES string of the molecule is CCC(CCBr)NC(=O)Cc1ccc(F)cc1. The van der Waals surface area contributed by atoms with Gasteiger partial charge in [0.05, 0.1) is 6.42 Å². The van der Waals surface area contributed by atoms with Crippen molar-refractivity contribution in [3.8, 4) is 0 Å². The summed E-state index contributed by atoms with van der Waals surface area (Å²) in [6.45, 7) is 2.05. The predicted molar refractivity (Wildman–Crippen MR) is 70.7 cm³/mol. The van der Waals surface area contributed by atoms with Crippen molar-refractivity contribution in [3.05, 3.63) is 35.6 Å². The second-order valence-electron chi connectivity index (χ2n) is 3.95. The zero-order chi connectivity index (χ0) is 12.7. The van der Waals surface area contributed by atoms with Crippen LogP contribution in [-0.2, 0) is 11.2 Å². The van der Waals surface area contributed by atoms with E-state index in [-0.39, 0.29) is 17.8 Å². The summed E-state index contributed by atoms with van der Waals surface area (Å²) in [5, 5.41) is 3.85. The molecule has 0 aliphatic heterocycles. The Morgan fingerprint density at radius 1 is 1.41 bits per heavy atom. The van der Waals surface area contributed by atoms with Crippen LogP contribution in [0.15, 0.2) is 24.3 Å². The predicted octanol–water partition coefficient (Wildman–Crippen LogP) is 3.05. The van der Waals surface area contributed by atoms with Gasteiger partial charge in [0.1, 0.15) is 5.82 Å². The first-order chi connectivity index (χ1) is 8.15. The highest BCUT2D eigenvalue weighted by Crippen LogP contribution is 2.05. The topological polar surface area (TPSA) is 29.1 Å². The van der Waals surface area contributed by atoms with E-state index in [0.29, 0.717) is 6.42 Å². The smallest absolute Gasteiger partial charge is 0.224 e. The standard InChI is InChI=1S/C13H17BrFNO/c1-2-12(7-8-14)16-13(17)9-10-3-5-11(15)6-4-10/h3-6,12H,2,7-9H2,1H3,(H,16,17). The van der Waals surface area contributed by atoms with Crippen molar-refractivity contribution >= 4 is 21.8 Å². The van der Waals surface area contributed by atoms with Crippen LogP contribution in [0.4, 0.5) is 4.39 Å². The Labute approximate surface area is 110 Å². The van der Waals surface area contributed by atoms with Gasteiger partial charge in [0.15, 0.2) is 0 Å². The Morgan fingerprint density at radius 3 is 2.59 bits per heavy atom. The third-order valence-electron chi connectivity index (χ3n) is 2.59. The number of carbonyl (C=O) groups excluding carboxylic acids is 1. The Balaban J connectivity index is 2.46. The second-order valence-corrected chi connectivity index (χ2v) is 4.75. The highest BCUT2D eigenvalue weighted by Gasteiger charge is 2.10. The van der Waals surface area contributed by atoms with Gasteiger partial charge in [-0.15, -0.1) is 0 Å².